The molecular weight excluding hydrogens is 344 g/mol. The van der Waals surface area contributed by atoms with Gasteiger partial charge in [-0.05, 0) is 19.4 Å². The fourth-order valence-corrected chi connectivity index (χ4v) is 3.94. The second kappa shape index (κ2) is 8.42. The summed E-state index contributed by atoms with van der Waals surface area (Å²) in [5, 5.41) is 9.07. The van der Waals surface area contributed by atoms with Crippen molar-refractivity contribution in [3.8, 4) is 0 Å². The van der Waals surface area contributed by atoms with Gasteiger partial charge in [0.05, 0.1) is 12.4 Å². The van der Waals surface area contributed by atoms with E-state index in [0.717, 1.165) is 12.8 Å². The number of rotatable bonds is 7. The molecule has 1 aromatic heterocycles. The first kappa shape index (κ1) is 19.4. The summed E-state index contributed by atoms with van der Waals surface area (Å²) in [6.45, 7) is 3.78. The number of amides is 2. The molecule has 1 aromatic rings. The Balaban J connectivity index is 2.02. The SMILES string of the molecule is CCCCC(=O)N1CSCC1C(=O)N(C)Cc1cc(C(=O)O)c(C)o1. The van der Waals surface area contributed by atoms with E-state index >= 15 is 0 Å². The minimum Gasteiger partial charge on any atom is -0.478 e. The van der Waals surface area contributed by atoms with Crippen molar-refractivity contribution >= 4 is 29.5 Å². The Morgan fingerprint density at radius 1 is 1.44 bits per heavy atom. The molecule has 1 fully saturated rings. The van der Waals surface area contributed by atoms with Gasteiger partial charge in [0.15, 0.2) is 0 Å². The monoisotopic (exact) mass is 368 g/mol. The molecule has 138 valence electrons. The van der Waals surface area contributed by atoms with Crippen LogP contribution in [0.15, 0.2) is 10.5 Å². The van der Waals surface area contributed by atoms with Crippen molar-refractivity contribution in [2.24, 2.45) is 0 Å². The van der Waals surface area contributed by atoms with Crippen LogP contribution in [-0.2, 0) is 16.1 Å². The number of carboxylic acids is 1. The Bertz CT molecular complexity index is 657. The number of carbonyl (C=O) groups is 3. The van der Waals surface area contributed by atoms with Crippen molar-refractivity contribution in [2.75, 3.05) is 18.7 Å². The van der Waals surface area contributed by atoms with Gasteiger partial charge in [-0.25, -0.2) is 4.79 Å². The van der Waals surface area contributed by atoms with Crippen molar-refractivity contribution < 1.29 is 23.9 Å². The number of hydrogen-bond acceptors (Lipinski definition) is 5. The van der Waals surface area contributed by atoms with Crippen LogP contribution in [0.1, 0.15) is 48.1 Å². The third-order valence-electron chi connectivity index (χ3n) is 4.20. The first-order valence-electron chi connectivity index (χ1n) is 8.30. The highest BCUT2D eigenvalue weighted by Crippen LogP contribution is 2.24. The Hall–Kier alpha value is -1.96. The molecular formula is C17H24N2O5S. The zero-order valence-corrected chi connectivity index (χ0v) is 15.6. The van der Waals surface area contributed by atoms with Crippen LogP contribution in [0.4, 0.5) is 0 Å². The van der Waals surface area contributed by atoms with E-state index in [4.69, 9.17) is 9.52 Å². The Morgan fingerprint density at radius 3 is 2.76 bits per heavy atom. The average molecular weight is 368 g/mol. The van der Waals surface area contributed by atoms with Crippen molar-refractivity contribution in [1.29, 1.82) is 0 Å². The molecule has 2 heterocycles. The zero-order valence-electron chi connectivity index (χ0n) is 14.8. The van der Waals surface area contributed by atoms with E-state index in [2.05, 4.69) is 0 Å². The lowest BCUT2D eigenvalue weighted by Gasteiger charge is -2.27. The minimum atomic E-state index is -1.05. The lowest BCUT2D eigenvalue weighted by atomic mass is 10.2. The molecule has 2 amide bonds. The summed E-state index contributed by atoms with van der Waals surface area (Å²) >= 11 is 1.57. The summed E-state index contributed by atoms with van der Waals surface area (Å²) in [7, 11) is 1.64. The molecule has 1 aliphatic heterocycles. The van der Waals surface area contributed by atoms with E-state index in [9.17, 15) is 14.4 Å². The van der Waals surface area contributed by atoms with Crippen LogP contribution in [0.25, 0.3) is 0 Å². The summed E-state index contributed by atoms with van der Waals surface area (Å²) in [6.07, 6.45) is 2.22. The molecule has 25 heavy (non-hydrogen) atoms. The first-order valence-corrected chi connectivity index (χ1v) is 9.45. The van der Waals surface area contributed by atoms with Gasteiger partial charge in [-0.2, -0.15) is 0 Å². The maximum atomic E-state index is 12.7. The molecule has 2 rings (SSSR count). The van der Waals surface area contributed by atoms with Crippen LogP contribution < -0.4 is 0 Å². The molecule has 0 bridgehead atoms. The second-order valence-corrected chi connectivity index (χ2v) is 7.16. The molecule has 8 heteroatoms. The van der Waals surface area contributed by atoms with Gasteiger partial charge in [0.25, 0.3) is 0 Å². The summed E-state index contributed by atoms with van der Waals surface area (Å²) in [5.41, 5.74) is 0.101. The summed E-state index contributed by atoms with van der Waals surface area (Å²) in [6, 6.07) is 0.976. The van der Waals surface area contributed by atoms with Crippen LogP contribution in [0.2, 0.25) is 0 Å². The van der Waals surface area contributed by atoms with Crippen molar-refractivity contribution in [3.63, 3.8) is 0 Å². The molecule has 0 aromatic carbocycles. The molecule has 7 nitrogen and oxygen atoms in total. The molecule has 0 saturated carbocycles. The average Bonchev–Trinajstić information content (AvgIpc) is 3.18. The molecule has 1 N–H and O–H groups in total. The molecule has 0 radical (unpaired) electrons. The fraction of sp³-hybridized carbons (Fsp3) is 0.588. The zero-order chi connectivity index (χ0) is 18.6. The van der Waals surface area contributed by atoms with Gasteiger partial charge >= 0.3 is 5.97 Å². The van der Waals surface area contributed by atoms with Gasteiger partial charge in [-0.15, -0.1) is 11.8 Å². The predicted molar refractivity (Wildman–Crippen MR) is 94.4 cm³/mol. The van der Waals surface area contributed by atoms with E-state index in [-0.39, 0.29) is 23.9 Å². The van der Waals surface area contributed by atoms with Gasteiger partial charge in [-0.1, -0.05) is 13.3 Å². The summed E-state index contributed by atoms with van der Waals surface area (Å²) in [5.74, 6) is 0.660. The van der Waals surface area contributed by atoms with Crippen LogP contribution in [0, 0.1) is 6.92 Å². The summed E-state index contributed by atoms with van der Waals surface area (Å²) < 4.78 is 5.43. The van der Waals surface area contributed by atoms with Crippen molar-refractivity contribution in [2.45, 2.75) is 45.7 Å². The highest BCUT2D eigenvalue weighted by Gasteiger charge is 2.36. The normalized spacial score (nSPS) is 16.9. The van der Waals surface area contributed by atoms with Gasteiger partial charge in [-0.3, -0.25) is 9.59 Å². The predicted octanol–water partition coefficient (Wildman–Crippen LogP) is 2.34. The second-order valence-electron chi connectivity index (χ2n) is 6.16. The molecule has 1 saturated heterocycles. The molecule has 1 aliphatic rings. The van der Waals surface area contributed by atoms with Crippen molar-refractivity contribution in [1.82, 2.24) is 9.80 Å². The van der Waals surface area contributed by atoms with Gasteiger partial charge in [0, 0.05) is 19.2 Å². The quantitative estimate of drug-likeness (QED) is 0.794. The number of nitrogens with zero attached hydrogens (tertiary/aromatic N) is 2. The number of thioether (sulfide) groups is 1. The number of aryl methyl sites for hydroxylation is 1. The number of furan rings is 1. The van der Waals surface area contributed by atoms with Crippen LogP contribution in [0.5, 0.6) is 0 Å². The number of aromatic carboxylic acids is 1. The number of carbonyl (C=O) groups excluding carboxylic acids is 2. The molecule has 0 aliphatic carbocycles. The van der Waals surface area contributed by atoms with E-state index in [1.807, 2.05) is 6.92 Å². The van der Waals surface area contributed by atoms with E-state index in [1.165, 1.54) is 11.0 Å². The number of hydrogen-bond donors (Lipinski definition) is 1. The summed E-state index contributed by atoms with van der Waals surface area (Å²) in [4.78, 5) is 39.2. The Kier molecular flexibility index (Phi) is 6.52. The smallest absolute Gasteiger partial charge is 0.339 e. The minimum absolute atomic E-state index is 0.0145. The maximum Gasteiger partial charge on any atom is 0.339 e. The third kappa shape index (κ3) is 4.56. The molecule has 1 atom stereocenters. The largest absolute Gasteiger partial charge is 0.478 e. The van der Waals surface area contributed by atoms with Gasteiger partial charge < -0.3 is 19.3 Å². The first-order chi connectivity index (χ1) is 11.8. The van der Waals surface area contributed by atoms with Gasteiger partial charge in [0.2, 0.25) is 11.8 Å². The number of carboxylic acid groups (broad SMARTS) is 1. The molecule has 1 unspecified atom stereocenters. The lowest BCUT2D eigenvalue weighted by Crippen LogP contribution is -2.47. The third-order valence-corrected chi connectivity index (χ3v) is 5.21. The van der Waals surface area contributed by atoms with Crippen LogP contribution >= 0.6 is 11.8 Å². The highest BCUT2D eigenvalue weighted by molar-refractivity contribution is 7.99. The topological polar surface area (TPSA) is 91.1 Å². The van der Waals surface area contributed by atoms with Crippen LogP contribution in [-0.4, -0.2) is 57.4 Å². The number of unbranched alkanes of at least 4 members (excludes halogenated alkanes) is 1. The van der Waals surface area contributed by atoms with E-state index < -0.39 is 12.0 Å². The van der Waals surface area contributed by atoms with E-state index in [0.29, 0.717) is 29.6 Å². The fourth-order valence-electron chi connectivity index (χ4n) is 2.76. The van der Waals surface area contributed by atoms with Crippen LogP contribution in [0.3, 0.4) is 0 Å². The Labute approximate surface area is 151 Å². The number of likely N-dealkylation sites (N-methyl/N-ethyl adjacent to an activating group) is 1. The lowest BCUT2D eigenvalue weighted by molar-refractivity contribution is -0.143. The highest BCUT2D eigenvalue weighted by atomic mass is 32.2. The molecule has 0 spiro atoms. The van der Waals surface area contributed by atoms with E-state index in [1.54, 1.807) is 30.6 Å². The Morgan fingerprint density at radius 2 is 2.16 bits per heavy atom. The maximum absolute atomic E-state index is 12.7. The van der Waals surface area contributed by atoms with Crippen molar-refractivity contribution in [3.05, 3.63) is 23.2 Å². The standard InChI is InChI=1S/C17H24N2O5S/c1-4-5-6-15(20)19-10-25-9-14(19)16(21)18(3)8-12-7-13(17(22)23)11(2)24-12/h7,14H,4-6,8-10H2,1-3H3,(H,22,23). The van der Waals surface area contributed by atoms with Gasteiger partial charge in [0.1, 0.15) is 23.1 Å².